The molecule has 1 aromatic rings. The van der Waals surface area contributed by atoms with E-state index < -0.39 is 6.16 Å². The molecular weight excluding hydrogens is 283 g/mol. The Bertz CT molecular complexity index is 256. The van der Waals surface area contributed by atoms with Crippen molar-refractivity contribution in [1.82, 2.24) is 4.98 Å². The normalized spacial score (nSPS) is 7.29. The van der Waals surface area contributed by atoms with Crippen molar-refractivity contribution >= 4 is 53.1 Å². The molecule has 1 rings (SSSR count). The van der Waals surface area contributed by atoms with Gasteiger partial charge in [-0.05, 0) is 0 Å². The number of halogens is 3. The molecule has 0 spiro atoms. The van der Waals surface area contributed by atoms with Crippen molar-refractivity contribution in [3.63, 3.8) is 0 Å². The first kappa shape index (κ1) is 20.2. The van der Waals surface area contributed by atoms with Crippen LogP contribution in [0.15, 0.2) is 6.20 Å². The van der Waals surface area contributed by atoms with Crippen molar-refractivity contribution in [2.24, 2.45) is 0 Å². The minimum atomic E-state index is -2.08. The molecule has 9 heteroatoms. The summed E-state index contributed by atoms with van der Waals surface area (Å²) in [5, 5.41) is 15.3. The van der Waals surface area contributed by atoms with Crippen molar-refractivity contribution in [3.8, 4) is 0 Å². The fourth-order valence-corrected chi connectivity index (χ4v) is 1.41. The molecule has 76 valence electrons. The SMILES string of the molecule is Cl.ClCc1cnc(Cl)s1.O=C([O-])O.[Na+]. The van der Waals surface area contributed by atoms with E-state index in [-0.39, 0.29) is 42.0 Å². The van der Waals surface area contributed by atoms with Crippen LogP contribution in [0.1, 0.15) is 4.88 Å². The van der Waals surface area contributed by atoms with Gasteiger partial charge in [-0.15, -0.1) is 35.3 Å². The van der Waals surface area contributed by atoms with Gasteiger partial charge in [0, 0.05) is 11.1 Å². The summed E-state index contributed by atoms with van der Waals surface area (Å²) >= 11 is 12.4. The van der Waals surface area contributed by atoms with Crippen LogP contribution >= 0.6 is 46.9 Å². The second kappa shape index (κ2) is 11.8. The molecule has 0 fully saturated rings. The Kier molecular flexibility index (Phi) is 17.1. The van der Waals surface area contributed by atoms with Gasteiger partial charge >= 0.3 is 29.6 Å². The van der Waals surface area contributed by atoms with E-state index in [1.165, 1.54) is 11.3 Å². The van der Waals surface area contributed by atoms with E-state index in [1.807, 2.05) is 0 Å². The van der Waals surface area contributed by atoms with Crippen LogP contribution in [0.4, 0.5) is 4.79 Å². The number of alkyl halides is 1. The van der Waals surface area contributed by atoms with Gasteiger partial charge in [0.15, 0.2) is 4.47 Å². The zero-order valence-corrected chi connectivity index (χ0v) is 12.2. The van der Waals surface area contributed by atoms with Crippen molar-refractivity contribution in [3.05, 3.63) is 15.5 Å². The Morgan fingerprint density at radius 2 is 2.14 bits per heavy atom. The quantitative estimate of drug-likeness (QED) is 0.523. The third-order valence-electron chi connectivity index (χ3n) is 0.657. The monoisotopic (exact) mass is 287 g/mol. The molecule has 0 aromatic carbocycles. The van der Waals surface area contributed by atoms with Gasteiger partial charge in [-0.1, -0.05) is 11.6 Å². The average Bonchev–Trinajstić information content (AvgIpc) is 2.34. The number of hydrogen-bond acceptors (Lipinski definition) is 4. The number of carboxylic acid groups (broad SMARTS) is 2. The van der Waals surface area contributed by atoms with Gasteiger partial charge in [0.2, 0.25) is 6.16 Å². The molecule has 0 aliphatic carbocycles. The van der Waals surface area contributed by atoms with Crippen LogP contribution in [0, 0.1) is 0 Å². The molecule has 0 unspecified atom stereocenters. The van der Waals surface area contributed by atoms with Gasteiger partial charge in [0.25, 0.3) is 0 Å². The number of carbonyl (C=O) groups is 1. The van der Waals surface area contributed by atoms with E-state index in [2.05, 4.69) is 4.98 Å². The van der Waals surface area contributed by atoms with Crippen molar-refractivity contribution in [2.45, 2.75) is 5.88 Å². The number of hydrogen-bond donors (Lipinski definition) is 1. The van der Waals surface area contributed by atoms with Crippen LogP contribution in [-0.2, 0) is 5.88 Å². The van der Waals surface area contributed by atoms with Crippen molar-refractivity contribution in [1.29, 1.82) is 0 Å². The molecule has 0 radical (unpaired) electrons. The predicted molar refractivity (Wildman–Crippen MR) is 52.0 cm³/mol. The maximum Gasteiger partial charge on any atom is 1.00 e. The third kappa shape index (κ3) is 12.8. The van der Waals surface area contributed by atoms with E-state index >= 15 is 0 Å². The van der Waals surface area contributed by atoms with Crippen LogP contribution in [0.25, 0.3) is 0 Å². The molecule has 0 saturated carbocycles. The molecule has 1 aromatic heterocycles. The first-order chi connectivity index (χ1) is 5.56. The first-order valence-electron chi connectivity index (χ1n) is 2.62. The topological polar surface area (TPSA) is 73.2 Å². The third-order valence-corrected chi connectivity index (χ3v) is 2.22. The summed E-state index contributed by atoms with van der Waals surface area (Å²) in [5.74, 6) is 0.504. The summed E-state index contributed by atoms with van der Waals surface area (Å²) in [5.41, 5.74) is 0. The maximum atomic E-state index is 8.44. The standard InChI is InChI=1S/C4H3Cl2NS.CH2O3.ClH.Na/c5-1-3-2-7-4(6)8-3;2-1(3)4;;/h2H,1H2;(H2,2,3,4);1H;/q;;;+1/p-1. The van der Waals surface area contributed by atoms with Crippen molar-refractivity contribution < 1.29 is 44.6 Å². The van der Waals surface area contributed by atoms with Crippen LogP contribution in [0.3, 0.4) is 0 Å². The summed E-state index contributed by atoms with van der Waals surface area (Å²) in [7, 11) is 0. The zero-order valence-electron chi connectivity index (χ0n) is 7.07. The van der Waals surface area contributed by atoms with Gasteiger partial charge in [-0.25, -0.2) is 4.98 Å². The van der Waals surface area contributed by atoms with E-state index in [4.69, 9.17) is 38.2 Å². The minimum Gasteiger partial charge on any atom is -0.565 e. The molecule has 1 heterocycles. The molecule has 0 amide bonds. The zero-order chi connectivity index (χ0) is 9.56. The molecule has 0 aliphatic heterocycles. The number of aromatic nitrogens is 1. The molecule has 0 bridgehead atoms. The maximum absolute atomic E-state index is 8.44. The van der Waals surface area contributed by atoms with Crippen LogP contribution in [0.5, 0.6) is 0 Å². The van der Waals surface area contributed by atoms with E-state index in [0.29, 0.717) is 10.3 Å². The number of thiazole rings is 1. The molecule has 14 heavy (non-hydrogen) atoms. The van der Waals surface area contributed by atoms with Gasteiger partial charge < -0.3 is 15.0 Å². The molecule has 1 N–H and O–H groups in total. The summed E-state index contributed by atoms with van der Waals surface area (Å²) < 4.78 is 0.556. The average molecular weight is 289 g/mol. The van der Waals surface area contributed by atoms with Crippen LogP contribution in [-0.4, -0.2) is 16.2 Å². The van der Waals surface area contributed by atoms with Crippen LogP contribution in [0.2, 0.25) is 4.47 Å². The van der Waals surface area contributed by atoms with Crippen molar-refractivity contribution in [2.75, 3.05) is 0 Å². The first-order valence-corrected chi connectivity index (χ1v) is 4.35. The Morgan fingerprint density at radius 3 is 2.29 bits per heavy atom. The Balaban J connectivity index is -0.000000180. The summed E-state index contributed by atoms with van der Waals surface area (Å²) in [4.78, 5) is 13.2. The second-order valence-electron chi connectivity index (χ2n) is 1.48. The smallest absolute Gasteiger partial charge is 0.565 e. The minimum absolute atomic E-state index is 0. The Hall–Kier alpha value is 0.770. The van der Waals surface area contributed by atoms with E-state index in [0.717, 1.165) is 4.88 Å². The fraction of sp³-hybridized carbons (Fsp3) is 0.200. The largest absolute Gasteiger partial charge is 1.00 e. The van der Waals surface area contributed by atoms with Gasteiger partial charge in [-0.3, -0.25) is 0 Å². The number of nitrogens with zero attached hydrogens (tertiary/aromatic N) is 1. The Morgan fingerprint density at radius 1 is 1.71 bits per heavy atom. The second-order valence-corrected chi connectivity index (χ2v) is 3.44. The molecule has 4 nitrogen and oxygen atoms in total. The summed E-state index contributed by atoms with van der Waals surface area (Å²) in [6.07, 6.45) is -0.403. The number of rotatable bonds is 1. The fourth-order valence-electron chi connectivity index (χ4n) is 0.345. The molecular formula is C5H5Cl3NNaO3S. The predicted octanol–water partition coefficient (Wildman–Crippen LogP) is -1.15. The molecule has 0 saturated heterocycles. The van der Waals surface area contributed by atoms with Gasteiger partial charge in [0.05, 0.1) is 5.88 Å². The molecule has 0 atom stereocenters. The van der Waals surface area contributed by atoms with Crippen LogP contribution < -0.4 is 34.7 Å². The Labute approximate surface area is 123 Å². The van der Waals surface area contributed by atoms with E-state index in [1.54, 1.807) is 6.20 Å². The summed E-state index contributed by atoms with van der Waals surface area (Å²) in [6, 6.07) is 0. The van der Waals surface area contributed by atoms with E-state index in [9.17, 15) is 0 Å². The molecule has 0 aliphatic rings. The van der Waals surface area contributed by atoms with Gasteiger partial charge in [0.1, 0.15) is 0 Å². The van der Waals surface area contributed by atoms with Gasteiger partial charge in [-0.2, -0.15) is 0 Å². The summed E-state index contributed by atoms with van der Waals surface area (Å²) in [6.45, 7) is 0.